The molecule has 0 heterocycles. The summed E-state index contributed by atoms with van der Waals surface area (Å²) < 4.78 is 40.5. The van der Waals surface area contributed by atoms with E-state index in [0.717, 1.165) is 28.3 Å². The Morgan fingerprint density at radius 1 is 0.953 bits per heavy atom. The van der Waals surface area contributed by atoms with Gasteiger partial charge in [-0.25, -0.2) is 8.42 Å². The maximum Gasteiger partial charge on any atom is 0.264 e. The lowest BCUT2D eigenvalue weighted by atomic mass is 10.1. The number of benzene rings is 3. The monoisotopic (exact) mass is 609 g/mol. The molecule has 9 nitrogen and oxygen atoms in total. The van der Waals surface area contributed by atoms with Crippen LogP contribution in [0.15, 0.2) is 77.7 Å². The van der Waals surface area contributed by atoms with E-state index in [2.05, 4.69) is 5.32 Å². The molecule has 1 atom stereocenters. The van der Waals surface area contributed by atoms with Crippen molar-refractivity contribution < 1.29 is 27.5 Å². The molecule has 1 N–H and O–H groups in total. The number of hydrogen-bond donors (Lipinski definition) is 1. The van der Waals surface area contributed by atoms with Gasteiger partial charge in [0.1, 0.15) is 24.1 Å². The summed E-state index contributed by atoms with van der Waals surface area (Å²) in [5, 5.41) is 2.94. The Bertz CT molecular complexity index is 1460. The van der Waals surface area contributed by atoms with Gasteiger partial charge < -0.3 is 19.7 Å². The number of nitrogens with one attached hydrogen (secondary N) is 1. The zero-order valence-electron chi connectivity index (χ0n) is 25.7. The Balaban J connectivity index is 2.09. The van der Waals surface area contributed by atoms with Crippen LogP contribution in [0.4, 0.5) is 5.69 Å². The molecule has 0 spiro atoms. The first kappa shape index (κ1) is 33.5. The molecule has 10 heteroatoms. The summed E-state index contributed by atoms with van der Waals surface area (Å²) in [6.07, 6.45) is 2.06. The van der Waals surface area contributed by atoms with Gasteiger partial charge in [-0.05, 0) is 68.7 Å². The molecule has 0 aliphatic carbocycles. The van der Waals surface area contributed by atoms with Crippen molar-refractivity contribution in [2.45, 2.75) is 64.4 Å². The second-order valence-corrected chi connectivity index (χ2v) is 12.0. The van der Waals surface area contributed by atoms with Crippen LogP contribution in [-0.2, 0) is 26.2 Å². The van der Waals surface area contributed by atoms with E-state index in [1.807, 2.05) is 32.9 Å². The summed E-state index contributed by atoms with van der Waals surface area (Å²) in [4.78, 5) is 29.2. The van der Waals surface area contributed by atoms with Crippen molar-refractivity contribution in [1.29, 1.82) is 0 Å². The Morgan fingerprint density at radius 2 is 1.67 bits per heavy atom. The number of amides is 2. The highest BCUT2D eigenvalue weighted by Crippen LogP contribution is 2.33. The number of para-hydroxylation sites is 2. The third-order valence-electron chi connectivity index (χ3n) is 7.02. The van der Waals surface area contributed by atoms with E-state index in [-0.39, 0.29) is 23.0 Å². The van der Waals surface area contributed by atoms with Gasteiger partial charge in [0.2, 0.25) is 11.8 Å². The zero-order valence-corrected chi connectivity index (χ0v) is 26.5. The lowest BCUT2D eigenvalue weighted by Crippen LogP contribution is -2.52. The number of methoxy groups -OCH3 is 1. The van der Waals surface area contributed by atoms with Crippen molar-refractivity contribution >= 4 is 27.5 Å². The van der Waals surface area contributed by atoms with Gasteiger partial charge in [-0.3, -0.25) is 13.9 Å². The minimum atomic E-state index is -4.21. The number of hydrogen-bond acceptors (Lipinski definition) is 6. The Kier molecular flexibility index (Phi) is 12.4. The topological polar surface area (TPSA) is 105 Å². The highest BCUT2D eigenvalue weighted by molar-refractivity contribution is 7.92. The molecule has 0 saturated heterocycles. The van der Waals surface area contributed by atoms with Crippen molar-refractivity contribution in [2.75, 3.05) is 31.1 Å². The zero-order chi connectivity index (χ0) is 31.4. The molecular formula is C33H43N3O6S. The summed E-state index contributed by atoms with van der Waals surface area (Å²) >= 11 is 0. The minimum Gasteiger partial charge on any atom is -0.497 e. The van der Waals surface area contributed by atoms with Gasteiger partial charge >= 0.3 is 0 Å². The first-order valence-electron chi connectivity index (χ1n) is 14.7. The van der Waals surface area contributed by atoms with E-state index < -0.39 is 28.5 Å². The number of rotatable bonds is 16. The van der Waals surface area contributed by atoms with Crippen LogP contribution < -0.4 is 19.1 Å². The van der Waals surface area contributed by atoms with Gasteiger partial charge in [-0.2, -0.15) is 0 Å². The van der Waals surface area contributed by atoms with Gasteiger partial charge in [-0.1, -0.05) is 62.2 Å². The second kappa shape index (κ2) is 16.0. The van der Waals surface area contributed by atoms with Gasteiger partial charge in [0.25, 0.3) is 10.0 Å². The lowest BCUT2D eigenvalue weighted by Gasteiger charge is -2.33. The van der Waals surface area contributed by atoms with Crippen molar-refractivity contribution in [2.24, 2.45) is 0 Å². The van der Waals surface area contributed by atoms with Crippen LogP contribution in [0.2, 0.25) is 0 Å². The molecule has 1 unspecified atom stereocenters. The molecule has 2 amide bonds. The molecule has 43 heavy (non-hydrogen) atoms. The molecule has 0 aliphatic rings. The van der Waals surface area contributed by atoms with Crippen LogP contribution in [0, 0.1) is 6.92 Å². The van der Waals surface area contributed by atoms with E-state index in [9.17, 15) is 18.0 Å². The fraction of sp³-hybridized carbons (Fsp3) is 0.394. The van der Waals surface area contributed by atoms with Crippen molar-refractivity contribution in [3.05, 3.63) is 83.9 Å². The molecule has 3 aromatic carbocycles. The number of ether oxygens (including phenoxy) is 2. The molecule has 3 aromatic rings. The third-order valence-corrected chi connectivity index (χ3v) is 8.80. The van der Waals surface area contributed by atoms with Gasteiger partial charge in [-0.15, -0.1) is 0 Å². The summed E-state index contributed by atoms with van der Waals surface area (Å²) in [7, 11) is -2.65. The number of aryl methyl sites for hydroxylation is 1. The normalized spacial score (nSPS) is 11.8. The Labute approximate surface area is 255 Å². The van der Waals surface area contributed by atoms with Crippen LogP contribution in [0.1, 0.15) is 51.2 Å². The molecule has 232 valence electrons. The number of carbonyl (C=O) groups is 2. The van der Waals surface area contributed by atoms with Crippen molar-refractivity contribution in [3.8, 4) is 11.5 Å². The van der Waals surface area contributed by atoms with Crippen molar-refractivity contribution in [3.63, 3.8) is 0 Å². The molecule has 0 aromatic heterocycles. The van der Waals surface area contributed by atoms with E-state index in [1.54, 1.807) is 62.6 Å². The molecule has 0 fully saturated rings. The van der Waals surface area contributed by atoms with Crippen LogP contribution in [-0.4, -0.2) is 58.0 Å². The van der Waals surface area contributed by atoms with Crippen LogP contribution >= 0.6 is 0 Å². The average Bonchev–Trinajstić information content (AvgIpc) is 3.00. The van der Waals surface area contributed by atoms with E-state index in [1.165, 1.54) is 17.0 Å². The van der Waals surface area contributed by atoms with Gasteiger partial charge in [0.05, 0.1) is 24.3 Å². The number of sulfonamides is 1. The lowest BCUT2D eigenvalue weighted by molar-refractivity contribution is -0.140. The number of carbonyl (C=O) groups excluding carboxylic acids is 2. The molecule has 3 rings (SSSR count). The summed E-state index contributed by atoms with van der Waals surface area (Å²) in [6, 6.07) is 19.6. The fourth-order valence-electron chi connectivity index (χ4n) is 4.68. The SMILES string of the molecule is CCCCNC(=O)C(CC)N(Cc1cccc(OC)c1)C(=O)CN(c1ccccc1OCC)S(=O)(=O)c1ccc(C)cc1. The third kappa shape index (κ3) is 8.73. The number of nitrogens with zero attached hydrogens (tertiary/aromatic N) is 2. The first-order valence-corrected chi connectivity index (χ1v) is 16.1. The predicted octanol–water partition coefficient (Wildman–Crippen LogP) is 5.32. The maximum absolute atomic E-state index is 14.3. The highest BCUT2D eigenvalue weighted by atomic mass is 32.2. The molecular weight excluding hydrogens is 566 g/mol. The predicted molar refractivity (Wildman–Crippen MR) is 169 cm³/mol. The number of unbranched alkanes of at least 4 members (excludes halogenated alkanes) is 1. The van der Waals surface area contributed by atoms with E-state index >= 15 is 0 Å². The average molecular weight is 610 g/mol. The smallest absolute Gasteiger partial charge is 0.264 e. The Hall–Kier alpha value is -4.05. The molecule has 0 saturated carbocycles. The highest BCUT2D eigenvalue weighted by Gasteiger charge is 2.34. The maximum atomic E-state index is 14.3. The summed E-state index contributed by atoms with van der Waals surface area (Å²) in [6.45, 7) is 7.88. The van der Waals surface area contributed by atoms with Gasteiger partial charge in [0.15, 0.2) is 0 Å². The molecule has 0 aliphatic heterocycles. The number of anilines is 1. The summed E-state index contributed by atoms with van der Waals surface area (Å²) in [5.74, 6) is 0.133. The first-order chi connectivity index (χ1) is 20.7. The van der Waals surface area contributed by atoms with Crippen molar-refractivity contribution in [1.82, 2.24) is 10.2 Å². The van der Waals surface area contributed by atoms with E-state index in [0.29, 0.717) is 31.1 Å². The fourth-order valence-corrected chi connectivity index (χ4v) is 6.11. The second-order valence-electron chi connectivity index (χ2n) is 10.2. The standard InChI is InChI=1S/C33H43N3O6S/c1-6-9-21-34-33(38)29(7-2)35(23-26-13-12-14-27(22-26)41-5)32(37)24-36(30-15-10-11-16-31(30)42-8-3)43(39,40)28-19-17-25(4)18-20-28/h10-20,22,29H,6-9,21,23-24H2,1-5H3,(H,34,38). The Morgan fingerprint density at radius 3 is 2.33 bits per heavy atom. The van der Waals surface area contributed by atoms with E-state index in [4.69, 9.17) is 9.47 Å². The molecule has 0 bridgehead atoms. The summed E-state index contributed by atoms with van der Waals surface area (Å²) in [5.41, 5.74) is 1.89. The van der Waals surface area contributed by atoms with Gasteiger partial charge in [0, 0.05) is 13.1 Å². The van der Waals surface area contributed by atoms with Crippen LogP contribution in [0.5, 0.6) is 11.5 Å². The largest absolute Gasteiger partial charge is 0.497 e. The minimum absolute atomic E-state index is 0.0425. The molecule has 0 radical (unpaired) electrons. The quantitative estimate of drug-likeness (QED) is 0.221. The van der Waals surface area contributed by atoms with Crippen LogP contribution in [0.3, 0.4) is 0 Å². The van der Waals surface area contributed by atoms with Crippen LogP contribution in [0.25, 0.3) is 0 Å².